The van der Waals surface area contributed by atoms with E-state index in [9.17, 15) is 9.59 Å². The number of carbonyl (C=O) groups excluding carboxylic acids is 2. The van der Waals surface area contributed by atoms with E-state index in [1.54, 1.807) is 29.1 Å². The van der Waals surface area contributed by atoms with Gasteiger partial charge >= 0.3 is 0 Å². The van der Waals surface area contributed by atoms with E-state index < -0.39 is 0 Å². The molecule has 2 aliphatic rings. The Morgan fingerprint density at radius 3 is 2.85 bits per heavy atom. The Balaban J connectivity index is 1.37. The van der Waals surface area contributed by atoms with Gasteiger partial charge in [0.15, 0.2) is 0 Å². The summed E-state index contributed by atoms with van der Waals surface area (Å²) >= 11 is 0. The molecule has 0 radical (unpaired) electrons. The summed E-state index contributed by atoms with van der Waals surface area (Å²) in [5, 5.41) is 4.24. The van der Waals surface area contributed by atoms with Crippen LogP contribution in [-0.2, 0) is 16.1 Å². The number of aryl methyl sites for hydroxylation is 1. The van der Waals surface area contributed by atoms with Gasteiger partial charge in [0.2, 0.25) is 5.91 Å². The molecular formula is C25H29N5O3. The third-order valence-electron chi connectivity index (χ3n) is 6.71. The summed E-state index contributed by atoms with van der Waals surface area (Å²) in [6.45, 7) is 4.83. The van der Waals surface area contributed by atoms with Crippen LogP contribution in [0.2, 0.25) is 0 Å². The van der Waals surface area contributed by atoms with Gasteiger partial charge in [0.25, 0.3) is 5.91 Å². The minimum atomic E-state index is -0.132. The van der Waals surface area contributed by atoms with E-state index in [0.717, 1.165) is 48.2 Å². The summed E-state index contributed by atoms with van der Waals surface area (Å²) in [7, 11) is 1.79. The second-order valence-electron chi connectivity index (χ2n) is 8.94. The maximum absolute atomic E-state index is 13.3. The van der Waals surface area contributed by atoms with Gasteiger partial charge in [-0.2, -0.15) is 0 Å². The lowest BCUT2D eigenvalue weighted by Crippen LogP contribution is -2.44. The summed E-state index contributed by atoms with van der Waals surface area (Å²) in [6, 6.07) is 9.93. The highest BCUT2D eigenvalue weighted by Gasteiger charge is 2.29. The van der Waals surface area contributed by atoms with Crippen molar-refractivity contribution in [1.82, 2.24) is 14.9 Å². The van der Waals surface area contributed by atoms with Crippen LogP contribution in [0.3, 0.4) is 0 Å². The zero-order chi connectivity index (χ0) is 22.9. The molecule has 0 saturated carbocycles. The largest absolute Gasteiger partial charge is 0.381 e. The predicted octanol–water partition coefficient (Wildman–Crippen LogP) is 3.33. The number of amides is 2. The highest BCUT2D eigenvalue weighted by molar-refractivity contribution is 6.04. The second kappa shape index (κ2) is 8.86. The van der Waals surface area contributed by atoms with Crippen molar-refractivity contribution in [1.29, 1.82) is 0 Å². The molecule has 8 nitrogen and oxygen atoms in total. The van der Waals surface area contributed by atoms with Gasteiger partial charge in [0.05, 0.1) is 24.3 Å². The number of para-hydroxylation sites is 1. The van der Waals surface area contributed by atoms with Crippen molar-refractivity contribution in [2.24, 2.45) is 5.92 Å². The van der Waals surface area contributed by atoms with Crippen LogP contribution < -0.4 is 10.2 Å². The number of pyridine rings is 1. The number of ether oxygens (including phenoxy) is 1. The van der Waals surface area contributed by atoms with Crippen molar-refractivity contribution in [3.8, 4) is 0 Å². The maximum Gasteiger partial charge on any atom is 0.255 e. The van der Waals surface area contributed by atoms with E-state index in [2.05, 4.69) is 28.3 Å². The van der Waals surface area contributed by atoms with Crippen LogP contribution in [0, 0.1) is 12.8 Å². The molecule has 2 aromatic heterocycles. The highest BCUT2D eigenvalue weighted by atomic mass is 16.5. The first-order valence-corrected chi connectivity index (χ1v) is 11.4. The molecule has 0 spiro atoms. The minimum absolute atomic E-state index is 0.00226. The van der Waals surface area contributed by atoms with Crippen molar-refractivity contribution in [3.05, 3.63) is 53.3 Å². The molecule has 0 atom stereocenters. The molecule has 1 fully saturated rings. The number of benzene rings is 1. The van der Waals surface area contributed by atoms with Crippen molar-refractivity contribution in [2.75, 3.05) is 43.6 Å². The van der Waals surface area contributed by atoms with Gasteiger partial charge in [-0.05, 0) is 43.4 Å². The van der Waals surface area contributed by atoms with Gasteiger partial charge in [-0.15, -0.1) is 0 Å². The van der Waals surface area contributed by atoms with Gasteiger partial charge in [-0.1, -0.05) is 18.2 Å². The van der Waals surface area contributed by atoms with Gasteiger partial charge < -0.3 is 24.8 Å². The fourth-order valence-electron chi connectivity index (χ4n) is 4.71. The zero-order valence-electron chi connectivity index (χ0n) is 19.1. The third kappa shape index (κ3) is 4.18. The van der Waals surface area contributed by atoms with Crippen LogP contribution in [0.15, 0.2) is 36.5 Å². The molecule has 0 aliphatic carbocycles. The first kappa shape index (κ1) is 21.5. The first-order chi connectivity index (χ1) is 16.0. The SMILES string of the molecule is Cc1c(CN(C)C(=O)c2cnc3c(c2)N(CC2CCOCC2)C(=O)CN3)[nH]c2ccccc12. The number of rotatable bonds is 5. The number of nitrogens with one attached hydrogen (secondary N) is 2. The Bertz CT molecular complexity index is 1200. The number of H-pyrrole nitrogens is 1. The number of anilines is 2. The molecule has 8 heteroatoms. The monoisotopic (exact) mass is 447 g/mol. The van der Waals surface area contributed by atoms with Crippen LogP contribution in [0.4, 0.5) is 11.5 Å². The van der Waals surface area contributed by atoms with Crippen LogP contribution in [0.1, 0.15) is 34.5 Å². The quantitative estimate of drug-likeness (QED) is 0.626. The topological polar surface area (TPSA) is 90.6 Å². The number of aromatic amines is 1. The number of hydrogen-bond acceptors (Lipinski definition) is 5. The third-order valence-corrected chi connectivity index (χ3v) is 6.71. The standard InChI is InChI=1S/C25H29N5O3/c1-16-19-5-3-4-6-20(19)28-21(16)15-29(2)25(32)18-11-22-24(26-12-18)27-13-23(31)30(22)14-17-7-9-33-10-8-17/h3-6,11-12,17,28H,7-10,13-15H2,1-2H3,(H,26,27). The maximum atomic E-state index is 13.3. The van der Waals surface area contributed by atoms with Gasteiger partial charge in [-0.25, -0.2) is 4.98 Å². The predicted molar refractivity (Wildman–Crippen MR) is 127 cm³/mol. The van der Waals surface area contributed by atoms with Crippen LogP contribution in [0.25, 0.3) is 10.9 Å². The molecule has 5 rings (SSSR count). The van der Waals surface area contributed by atoms with Gasteiger partial charge in [0, 0.05) is 49.6 Å². The van der Waals surface area contributed by atoms with E-state index in [1.165, 1.54) is 0 Å². The average molecular weight is 448 g/mol. The Hall–Kier alpha value is -3.39. The van der Waals surface area contributed by atoms with Crippen molar-refractivity contribution in [2.45, 2.75) is 26.3 Å². The summed E-state index contributed by atoms with van der Waals surface area (Å²) in [4.78, 5) is 37.4. The summed E-state index contributed by atoms with van der Waals surface area (Å²) < 4.78 is 5.46. The zero-order valence-corrected chi connectivity index (χ0v) is 19.1. The molecule has 0 bridgehead atoms. The molecular weight excluding hydrogens is 418 g/mol. The molecule has 2 amide bonds. The lowest BCUT2D eigenvalue weighted by atomic mass is 9.99. The molecule has 4 heterocycles. The Morgan fingerprint density at radius 1 is 1.27 bits per heavy atom. The Labute approximate surface area is 192 Å². The number of aromatic nitrogens is 2. The van der Waals surface area contributed by atoms with Crippen molar-refractivity contribution in [3.63, 3.8) is 0 Å². The Kier molecular flexibility index (Phi) is 5.76. The fraction of sp³-hybridized carbons (Fsp3) is 0.400. The summed E-state index contributed by atoms with van der Waals surface area (Å²) in [6.07, 6.45) is 3.46. The van der Waals surface area contributed by atoms with E-state index in [0.29, 0.717) is 36.1 Å². The molecule has 2 N–H and O–H groups in total. The molecule has 3 aromatic rings. The van der Waals surface area contributed by atoms with Crippen molar-refractivity contribution < 1.29 is 14.3 Å². The van der Waals surface area contributed by atoms with Crippen LogP contribution >= 0.6 is 0 Å². The normalized spacial score (nSPS) is 16.5. The molecule has 2 aliphatic heterocycles. The number of carbonyl (C=O) groups is 2. The van der Waals surface area contributed by atoms with Crippen LogP contribution in [-0.4, -0.2) is 60.0 Å². The number of hydrogen-bond donors (Lipinski definition) is 2. The van der Waals surface area contributed by atoms with Gasteiger partial charge in [0.1, 0.15) is 5.82 Å². The van der Waals surface area contributed by atoms with Gasteiger partial charge in [-0.3, -0.25) is 9.59 Å². The molecule has 0 unspecified atom stereocenters. The fourth-order valence-corrected chi connectivity index (χ4v) is 4.71. The van der Waals surface area contributed by atoms with E-state index in [4.69, 9.17) is 4.74 Å². The molecule has 172 valence electrons. The first-order valence-electron chi connectivity index (χ1n) is 11.4. The van der Waals surface area contributed by atoms with E-state index in [1.807, 2.05) is 18.2 Å². The average Bonchev–Trinajstić information content (AvgIpc) is 3.16. The molecule has 1 saturated heterocycles. The second-order valence-corrected chi connectivity index (χ2v) is 8.94. The van der Waals surface area contributed by atoms with Crippen molar-refractivity contribution >= 4 is 34.2 Å². The smallest absolute Gasteiger partial charge is 0.255 e. The highest BCUT2D eigenvalue weighted by Crippen LogP contribution is 2.31. The van der Waals surface area contributed by atoms with Crippen LogP contribution in [0.5, 0.6) is 0 Å². The molecule has 1 aromatic carbocycles. The lowest BCUT2D eigenvalue weighted by Gasteiger charge is -2.34. The minimum Gasteiger partial charge on any atom is -0.381 e. The summed E-state index contributed by atoms with van der Waals surface area (Å²) in [5.74, 6) is 0.905. The summed E-state index contributed by atoms with van der Waals surface area (Å²) in [5.41, 5.74) is 4.37. The van der Waals surface area contributed by atoms with E-state index >= 15 is 0 Å². The molecule has 33 heavy (non-hydrogen) atoms. The Morgan fingerprint density at radius 2 is 2.06 bits per heavy atom. The lowest BCUT2D eigenvalue weighted by molar-refractivity contribution is -0.117. The number of nitrogens with zero attached hydrogens (tertiary/aromatic N) is 3. The van der Waals surface area contributed by atoms with E-state index in [-0.39, 0.29) is 18.4 Å². The number of fused-ring (bicyclic) bond motifs is 2.